The number of hydrogen-bond acceptors (Lipinski definition) is 3. The Kier molecular flexibility index (Phi) is 6.16. The maximum absolute atomic E-state index is 10.7. The first kappa shape index (κ1) is 13.1. The lowest BCUT2D eigenvalue weighted by Crippen LogP contribution is -2.47. The Balaban J connectivity index is 4.26. The number of allylic oxidation sites excluding steroid dienone is 2. The van der Waals surface area contributed by atoms with E-state index in [1.54, 1.807) is 0 Å². The molecule has 0 aliphatic heterocycles. The monoisotopic (exact) mass is 201 g/mol. The topological polar surface area (TPSA) is 69.6 Å². The van der Waals surface area contributed by atoms with Gasteiger partial charge in [0.2, 0.25) is 0 Å². The minimum atomic E-state index is -1.02. The van der Waals surface area contributed by atoms with Crippen LogP contribution in [0.5, 0.6) is 0 Å². The lowest BCUT2D eigenvalue weighted by molar-refractivity contribution is -0.143. The molecule has 82 valence electrons. The second-order valence-electron chi connectivity index (χ2n) is 3.38. The molecule has 0 saturated heterocycles. The second-order valence-corrected chi connectivity index (χ2v) is 3.38. The van der Waals surface area contributed by atoms with Crippen LogP contribution in [0, 0.1) is 5.92 Å². The van der Waals surface area contributed by atoms with Gasteiger partial charge in [-0.25, -0.2) is 0 Å². The van der Waals surface area contributed by atoms with Gasteiger partial charge in [0.25, 0.3) is 0 Å². The molecule has 0 radical (unpaired) electrons. The van der Waals surface area contributed by atoms with Gasteiger partial charge in [0.15, 0.2) is 0 Å². The van der Waals surface area contributed by atoms with Crippen LogP contribution in [0.1, 0.15) is 20.3 Å². The first-order chi connectivity index (χ1) is 6.54. The number of nitrogens with one attached hydrogen (secondary N) is 1. The Morgan fingerprint density at radius 2 is 2.14 bits per heavy atom. The summed E-state index contributed by atoms with van der Waals surface area (Å²) in [7, 11) is 1.53. The van der Waals surface area contributed by atoms with E-state index in [1.807, 2.05) is 26.0 Å². The summed E-state index contributed by atoms with van der Waals surface area (Å²) in [6, 6.07) is -0.893. The molecule has 0 bridgehead atoms. The first-order valence-corrected chi connectivity index (χ1v) is 4.73. The van der Waals surface area contributed by atoms with Crippen molar-refractivity contribution >= 4 is 5.97 Å². The summed E-state index contributed by atoms with van der Waals surface area (Å²) in [5.41, 5.74) is 0. The minimum Gasteiger partial charge on any atom is -0.480 e. The van der Waals surface area contributed by atoms with Crippen molar-refractivity contribution in [2.45, 2.75) is 32.4 Å². The predicted octanol–water partition coefficient (Wildman–Crippen LogP) is 0.622. The fourth-order valence-electron chi connectivity index (χ4n) is 1.26. The van der Waals surface area contributed by atoms with E-state index in [9.17, 15) is 9.90 Å². The van der Waals surface area contributed by atoms with Crippen LogP contribution in [0.15, 0.2) is 12.2 Å². The molecule has 0 heterocycles. The van der Waals surface area contributed by atoms with Crippen molar-refractivity contribution < 1.29 is 15.0 Å². The highest BCUT2D eigenvalue weighted by Crippen LogP contribution is 2.12. The molecule has 0 aliphatic carbocycles. The average molecular weight is 201 g/mol. The van der Waals surface area contributed by atoms with E-state index in [2.05, 4.69) is 5.32 Å². The van der Waals surface area contributed by atoms with Crippen molar-refractivity contribution in [2.24, 2.45) is 5.92 Å². The molecule has 4 nitrogen and oxygen atoms in total. The molecule has 0 spiro atoms. The van der Waals surface area contributed by atoms with Crippen LogP contribution in [0.2, 0.25) is 0 Å². The fourth-order valence-corrected chi connectivity index (χ4v) is 1.26. The molecule has 4 heteroatoms. The highest BCUT2D eigenvalue weighted by atomic mass is 16.4. The summed E-state index contributed by atoms with van der Waals surface area (Å²) >= 11 is 0. The molecule has 0 saturated carbocycles. The van der Waals surface area contributed by atoms with Crippen LogP contribution in [-0.4, -0.2) is 35.4 Å². The quantitative estimate of drug-likeness (QED) is 0.551. The van der Waals surface area contributed by atoms with Gasteiger partial charge < -0.3 is 15.5 Å². The third-order valence-electron chi connectivity index (χ3n) is 2.25. The SMILES string of the molecule is CC=CC[C@@H](C)[C@@H](O)C(NC)C(=O)O. The average Bonchev–Trinajstić information content (AvgIpc) is 2.14. The molecule has 0 fully saturated rings. The van der Waals surface area contributed by atoms with E-state index >= 15 is 0 Å². The molecular weight excluding hydrogens is 182 g/mol. The highest BCUT2D eigenvalue weighted by molar-refractivity contribution is 5.74. The zero-order valence-corrected chi connectivity index (χ0v) is 8.90. The summed E-state index contributed by atoms with van der Waals surface area (Å²) in [6.45, 7) is 3.73. The van der Waals surface area contributed by atoms with Crippen molar-refractivity contribution in [3.05, 3.63) is 12.2 Å². The Morgan fingerprint density at radius 1 is 1.57 bits per heavy atom. The molecule has 0 aromatic rings. The van der Waals surface area contributed by atoms with E-state index in [0.717, 1.165) is 0 Å². The molecule has 0 aromatic heterocycles. The third-order valence-corrected chi connectivity index (χ3v) is 2.25. The lowest BCUT2D eigenvalue weighted by Gasteiger charge is -2.23. The van der Waals surface area contributed by atoms with Gasteiger partial charge in [-0.05, 0) is 26.3 Å². The van der Waals surface area contributed by atoms with Gasteiger partial charge in [0.05, 0.1) is 6.10 Å². The molecule has 3 N–H and O–H groups in total. The molecule has 1 unspecified atom stereocenters. The maximum atomic E-state index is 10.7. The van der Waals surface area contributed by atoms with Crippen molar-refractivity contribution in [3.63, 3.8) is 0 Å². The maximum Gasteiger partial charge on any atom is 0.323 e. The molecule has 14 heavy (non-hydrogen) atoms. The van der Waals surface area contributed by atoms with Crippen LogP contribution >= 0.6 is 0 Å². The zero-order chi connectivity index (χ0) is 11.1. The number of carboxylic acid groups (broad SMARTS) is 1. The summed E-state index contributed by atoms with van der Waals surface area (Å²) in [4.78, 5) is 10.7. The van der Waals surface area contributed by atoms with E-state index in [0.29, 0.717) is 6.42 Å². The Bertz CT molecular complexity index is 204. The van der Waals surface area contributed by atoms with E-state index < -0.39 is 18.1 Å². The Labute approximate surface area is 84.6 Å². The van der Waals surface area contributed by atoms with Gasteiger partial charge >= 0.3 is 5.97 Å². The van der Waals surface area contributed by atoms with E-state index in [1.165, 1.54) is 7.05 Å². The number of aliphatic hydroxyl groups excluding tert-OH is 1. The Hall–Kier alpha value is -0.870. The number of rotatable bonds is 6. The van der Waals surface area contributed by atoms with Crippen LogP contribution in [-0.2, 0) is 4.79 Å². The van der Waals surface area contributed by atoms with Gasteiger partial charge in [0.1, 0.15) is 6.04 Å². The number of carbonyl (C=O) groups is 1. The second kappa shape index (κ2) is 6.56. The summed E-state index contributed by atoms with van der Waals surface area (Å²) in [5.74, 6) is -1.09. The zero-order valence-electron chi connectivity index (χ0n) is 8.90. The van der Waals surface area contributed by atoms with Crippen LogP contribution in [0.4, 0.5) is 0 Å². The van der Waals surface area contributed by atoms with Crippen molar-refractivity contribution in [1.29, 1.82) is 0 Å². The first-order valence-electron chi connectivity index (χ1n) is 4.73. The van der Waals surface area contributed by atoms with Crippen LogP contribution in [0.25, 0.3) is 0 Å². The van der Waals surface area contributed by atoms with E-state index in [4.69, 9.17) is 5.11 Å². The van der Waals surface area contributed by atoms with Gasteiger partial charge in [-0.15, -0.1) is 0 Å². The fraction of sp³-hybridized carbons (Fsp3) is 0.700. The number of carboxylic acids is 1. The standard InChI is InChI=1S/C10H19NO3/c1-4-5-6-7(2)9(12)8(11-3)10(13)14/h4-5,7-9,11-12H,6H2,1-3H3,(H,13,14)/t7-,8?,9-/m1/s1. The molecule has 0 aliphatic rings. The molecule has 3 atom stereocenters. The molecule has 0 aromatic carbocycles. The summed E-state index contributed by atoms with van der Waals surface area (Å²) < 4.78 is 0. The predicted molar refractivity (Wildman–Crippen MR) is 55.1 cm³/mol. The van der Waals surface area contributed by atoms with Gasteiger partial charge in [-0.1, -0.05) is 19.1 Å². The van der Waals surface area contributed by atoms with Gasteiger partial charge in [-0.3, -0.25) is 4.79 Å². The number of aliphatic hydroxyl groups is 1. The number of likely N-dealkylation sites (N-methyl/N-ethyl adjacent to an activating group) is 1. The van der Waals surface area contributed by atoms with Crippen LogP contribution in [0.3, 0.4) is 0 Å². The third kappa shape index (κ3) is 3.89. The lowest BCUT2D eigenvalue weighted by atomic mass is 9.95. The summed E-state index contributed by atoms with van der Waals surface area (Å²) in [5, 5.41) is 21.1. The Morgan fingerprint density at radius 3 is 2.50 bits per heavy atom. The largest absolute Gasteiger partial charge is 0.480 e. The number of hydrogen-bond donors (Lipinski definition) is 3. The minimum absolute atomic E-state index is 0.0697. The van der Waals surface area contributed by atoms with E-state index in [-0.39, 0.29) is 5.92 Å². The summed E-state index contributed by atoms with van der Waals surface area (Å²) in [6.07, 6.45) is 3.62. The smallest absolute Gasteiger partial charge is 0.323 e. The number of aliphatic carboxylic acids is 1. The molecular formula is C10H19NO3. The van der Waals surface area contributed by atoms with Crippen LogP contribution < -0.4 is 5.32 Å². The molecule has 0 rings (SSSR count). The normalized spacial score (nSPS) is 18.0. The van der Waals surface area contributed by atoms with Gasteiger partial charge in [0, 0.05) is 0 Å². The van der Waals surface area contributed by atoms with Crippen molar-refractivity contribution in [3.8, 4) is 0 Å². The van der Waals surface area contributed by atoms with Gasteiger partial charge in [-0.2, -0.15) is 0 Å². The highest BCUT2D eigenvalue weighted by Gasteiger charge is 2.28. The molecule has 0 amide bonds. The van der Waals surface area contributed by atoms with Crippen molar-refractivity contribution in [1.82, 2.24) is 5.32 Å². The van der Waals surface area contributed by atoms with Crippen molar-refractivity contribution in [2.75, 3.05) is 7.05 Å².